The van der Waals surface area contributed by atoms with Crippen LogP contribution in [0.4, 0.5) is 0 Å². The Labute approximate surface area is 137 Å². The summed E-state index contributed by atoms with van der Waals surface area (Å²) in [6.45, 7) is 2.76. The predicted octanol–water partition coefficient (Wildman–Crippen LogP) is 4.98. The molecule has 0 fully saturated rings. The van der Waals surface area contributed by atoms with E-state index in [0.29, 0.717) is 0 Å². The van der Waals surface area contributed by atoms with Crippen molar-refractivity contribution in [3.05, 3.63) is 47.0 Å². The Morgan fingerprint density at radius 1 is 1.19 bits per heavy atom. The molecule has 0 aliphatic carbocycles. The molecule has 0 spiro atoms. The Morgan fingerprint density at radius 2 is 2.00 bits per heavy atom. The van der Waals surface area contributed by atoms with E-state index >= 15 is 0 Å². The maximum absolute atomic E-state index is 5.98. The lowest BCUT2D eigenvalue weighted by molar-refractivity contribution is 0.304. The molecule has 3 nitrogen and oxygen atoms in total. The highest BCUT2D eigenvalue weighted by Crippen LogP contribution is 2.21. The van der Waals surface area contributed by atoms with Gasteiger partial charge >= 0.3 is 0 Å². The number of nitrogens with zero attached hydrogens (tertiary/aromatic N) is 1. The molecule has 5 heteroatoms. The molecule has 0 radical (unpaired) electrons. The molecule has 0 atom stereocenters. The summed E-state index contributed by atoms with van der Waals surface area (Å²) in [7, 11) is 0. The Hall–Kier alpha value is -1.19. The van der Waals surface area contributed by atoms with Gasteiger partial charge in [0.1, 0.15) is 11.6 Å². The number of hydrogen-bond donors (Lipinski definition) is 1. The highest BCUT2D eigenvalue weighted by molar-refractivity contribution is 6.31. The van der Waals surface area contributed by atoms with Crippen LogP contribution in [0, 0.1) is 6.92 Å². The first-order chi connectivity index (χ1) is 9.75. The van der Waals surface area contributed by atoms with Crippen molar-refractivity contribution in [3.8, 4) is 5.75 Å². The molecule has 1 N–H and O–H groups in total. The van der Waals surface area contributed by atoms with E-state index in [1.165, 1.54) is 19.3 Å². The molecule has 0 aliphatic rings. The van der Waals surface area contributed by atoms with E-state index in [2.05, 4.69) is 9.97 Å². The van der Waals surface area contributed by atoms with Gasteiger partial charge in [0, 0.05) is 23.8 Å². The number of nitrogens with one attached hydrogen (secondary N) is 1. The smallest absolute Gasteiger partial charge is 0.119 e. The lowest BCUT2D eigenvalue weighted by atomic mass is 10.1. The normalized spacial score (nSPS) is 10.2. The second kappa shape index (κ2) is 9.69. The number of rotatable bonds is 8. The summed E-state index contributed by atoms with van der Waals surface area (Å²) >= 11 is 5.98. The van der Waals surface area contributed by atoms with Crippen LogP contribution in [-0.2, 0) is 6.42 Å². The zero-order chi connectivity index (χ0) is 14.2. The first-order valence-electron chi connectivity index (χ1n) is 7.13. The lowest BCUT2D eigenvalue weighted by Crippen LogP contribution is -1.98. The van der Waals surface area contributed by atoms with Crippen molar-refractivity contribution in [1.29, 1.82) is 0 Å². The topological polar surface area (TPSA) is 37.9 Å². The van der Waals surface area contributed by atoms with Gasteiger partial charge in [-0.05, 0) is 43.5 Å². The molecule has 0 saturated heterocycles. The molecule has 21 heavy (non-hydrogen) atoms. The summed E-state index contributed by atoms with van der Waals surface area (Å²) in [5.74, 6) is 1.99. The maximum atomic E-state index is 5.98. The van der Waals surface area contributed by atoms with Gasteiger partial charge in [0.15, 0.2) is 0 Å². The van der Waals surface area contributed by atoms with Crippen molar-refractivity contribution in [1.82, 2.24) is 9.97 Å². The van der Waals surface area contributed by atoms with Gasteiger partial charge in [-0.2, -0.15) is 0 Å². The number of halogens is 2. The van der Waals surface area contributed by atoms with E-state index in [1.54, 1.807) is 6.20 Å². The number of hydrogen-bond acceptors (Lipinski definition) is 2. The van der Waals surface area contributed by atoms with Crippen molar-refractivity contribution < 1.29 is 4.74 Å². The predicted molar refractivity (Wildman–Crippen MR) is 89.7 cm³/mol. The fourth-order valence-electron chi connectivity index (χ4n) is 2.08. The molecule has 0 unspecified atom stereocenters. The number of aryl methyl sites for hydroxylation is 2. The number of unbranched alkanes of at least 4 members (excludes halogenated alkanes) is 3. The van der Waals surface area contributed by atoms with Gasteiger partial charge < -0.3 is 9.72 Å². The molecule has 0 aliphatic heterocycles. The van der Waals surface area contributed by atoms with Crippen LogP contribution in [-0.4, -0.2) is 16.6 Å². The zero-order valence-corrected chi connectivity index (χ0v) is 13.8. The van der Waals surface area contributed by atoms with Crippen LogP contribution in [0.1, 0.15) is 37.1 Å². The highest BCUT2D eigenvalue weighted by Gasteiger charge is 1.99. The third-order valence-electron chi connectivity index (χ3n) is 3.26. The van der Waals surface area contributed by atoms with E-state index in [1.807, 2.05) is 31.3 Å². The third-order valence-corrected chi connectivity index (χ3v) is 3.68. The summed E-state index contributed by atoms with van der Waals surface area (Å²) in [6, 6.07) is 5.79. The third kappa shape index (κ3) is 6.40. The minimum atomic E-state index is 0. The van der Waals surface area contributed by atoms with Gasteiger partial charge in [-0.15, -0.1) is 12.4 Å². The van der Waals surface area contributed by atoms with Crippen LogP contribution in [0.15, 0.2) is 30.6 Å². The monoisotopic (exact) mass is 328 g/mol. The molecule has 2 rings (SSSR count). The second-order valence-corrected chi connectivity index (χ2v) is 5.37. The Bertz CT molecular complexity index is 515. The lowest BCUT2D eigenvalue weighted by Gasteiger charge is -2.07. The van der Waals surface area contributed by atoms with E-state index in [4.69, 9.17) is 16.3 Å². The fourth-order valence-corrected chi connectivity index (χ4v) is 2.20. The molecule has 1 heterocycles. The molecule has 0 amide bonds. The van der Waals surface area contributed by atoms with E-state index in [-0.39, 0.29) is 12.4 Å². The highest BCUT2D eigenvalue weighted by atomic mass is 35.5. The van der Waals surface area contributed by atoms with Gasteiger partial charge in [-0.3, -0.25) is 0 Å². The van der Waals surface area contributed by atoms with Gasteiger partial charge in [-0.25, -0.2) is 4.98 Å². The molecule has 0 saturated carbocycles. The zero-order valence-electron chi connectivity index (χ0n) is 12.3. The van der Waals surface area contributed by atoms with Gasteiger partial charge in [0.25, 0.3) is 0 Å². The second-order valence-electron chi connectivity index (χ2n) is 4.96. The summed E-state index contributed by atoms with van der Waals surface area (Å²) in [5.41, 5.74) is 1.06. The van der Waals surface area contributed by atoms with Crippen molar-refractivity contribution in [3.63, 3.8) is 0 Å². The summed E-state index contributed by atoms with van der Waals surface area (Å²) in [5, 5.41) is 0.787. The summed E-state index contributed by atoms with van der Waals surface area (Å²) in [4.78, 5) is 7.34. The van der Waals surface area contributed by atoms with Crippen LogP contribution in [0.3, 0.4) is 0 Å². The Balaban J connectivity index is 0.00000220. The van der Waals surface area contributed by atoms with Crippen LogP contribution >= 0.6 is 24.0 Å². The van der Waals surface area contributed by atoms with E-state index in [0.717, 1.165) is 41.6 Å². The number of imidazole rings is 1. The number of aromatic amines is 1. The first-order valence-corrected chi connectivity index (χ1v) is 7.51. The van der Waals surface area contributed by atoms with Crippen LogP contribution in [0.5, 0.6) is 5.75 Å². The van der Waals surface area contributed by atoms with Crippen molar-refractivity contribution in [2.75, 3.05) is 6.61 Å². The molecule has 2 aromatic rings. The number of ether oxygens (including phenoxy) is 1. The minimum absolute atomic E-state index is 0. The summed E-state index contributed by atoms with van der Waals surface area (Å²) < 4.78 is 5.72. The van der Waals surface area contributed by atoms with Crippen molar-refractivity contribution in [2.45, 2.75) is 39.0 Å². The average molecular weight is 329 g/mol. The van der Waals surface area contributed by atoms with Gasteiger partial charge in [0.2, 0.25) is 0 Å². The number of H-pyrrole nitrogens is 1. The Kier molecular flexibility index (Phi) is 8.24. The van der Waals surface area contributed by atoms with Crippen LogP contribution < -0.4 is 4.74 Å². The van der Waals surface area contributed by atoms with Crippen LogP contribution in [0.25, 0.3) is 0 Å². The van der Waals surface area contributed by atoms with Gasteiger partial charge in [-0.1, -0.05) is 24.4 Å². The largest absolute Gasteiger partial charge is 0.494 e. The quantitative estimate of drug-likeness (QED) is 0.694. The molecule has 0 bridgehead atoms. The molecular weight excluding hydrogens is 307 g/mol. The van der Waals surface area contributed by atoms with Crippen molar-refractivity contribution >= 4 is 24.0 Å². The van der Waals surface area contributed by atoms with E-state index in [9.17, 15) is 0 Å². The number of benzene rings is 1. The van der Waals surface area contributed by atoms with E-state index < -0.39 is 0 Å². The molecule has 1 aromatic heterocycles. The Morgan fingerprint density at radius 3 is 2.71 bits per heavy atom. The number of aromatic nitrogens is 2. The van der Waals surface area contributed by atoms with Crippen LogP contribution in [0.2, 0.25) is 5.02 Å². The molecular formula is C16H22Cl2N2O. The van der Waals surface area contributed by atoms with Gasteiger partial charge in [0.05, 0.1) is 6.61 Å². The standard InChI is InChI=1S/C16H21ClN2O.ClH/c1-13-12-14(7-8-15(13)17)20-11-5-3-2-4-6-16-18-9-10-19-16;/h7-10,12H,2-6,11H2,1H3,(H,18,19);1H. The summed E-state index contributed by atoms with van der Waals surface area (Å²) in [6.07, 6.45) is 9.36. The van der Waals surface area contributed by atoms with Crippen molar-refractivity contribution in [2.24, 2.45) is 0 Å². The fraction of sp³-hybridized carbons (Fsp3) is 0.438. The SMILES string of the molecule is Cc1cc(OCCCCCCc2ncc[nH]2)ccc1Cl.Cl. The molecule has 1 aromatic carbocycles. The minimum Gasteiger partial charge on any atom is -0.494 e. The average Bonchev–Trinajstić information content (AvgIpc) is 2.95. The first kappa shape index (κ1) is 17.9. The molecule has 116 valence electrons. The maximum Gasteiger partial charge on any atom is 0.119 e.